The molecular weight excluding hydrogens is 322 g/mol. The van der Waals surface area contributed by atoms with Crippen LogP contribution in [0.15, 0.2) is 42.5 Å². The first-order valence-electron chi connectivity index (χ1n) is 7.80. The van der Waals surface area contributed by atoms with Gasteiger partial charge in [-0.1, -0.05) is 18.2 Å². The second-order valence-corrected chi connectivity index (χ2v) is 5.79. The highest BCUT2D eigenvalue weighted by molar-refractivity contribution is 5.96. The predicted octanol–water partition coefficient (Wildman–Crippen LogP) is 1.30. The van der Waals surface area contributed by atoms with E-state index >= 15 is 0 Å². The van der Waals surface area contributed by atoms with Crippen LogP contribution in [0, 0.1) is 0 Å². The van der Waals surface area contributed by atoms with Crippen molar-refractivity contribution in [2.75, 3.05) is 6.61 Å². The van der Waals surface area contributed by atoms with E-state index in [2.05, 4.69) is 4.98 Å². The number of carboxylic acid groups (broad SMARTS) is 1. The predicted molar refractivity (Wildman–Crippen MR) is 94.1 cm³/mol. The van der Waals surface area contributed by atoms with Gasteiger partial charge in [0.1, 0.15) is 11.4 Å². The molecule has 3 rings (SSSR count). The van der Waals surface area contributed by atoms with Crippen molar-refractivity contribution in [3.8, 4) is 5.75 Å². The molecule has 130 valence electrons. The van der Waals surface area contributed by atoms with Crippen LogP contribution >= 0.6 is 0 Å². The van der Waals surface area contributed by atoms with Gasteiger partial charge < -0.3 is 26.4 Å². The van der Waals surface area contributed by atoms with E-state index in [-0.39, 0.29) is 5.56 Å². The molecule has 6 N–H and O–H groups in total. The van der Waals surface area contributed by atoms with E-state index in [1.807, 2.05) is 30.3 Å². The van der Waals surface area contributed by atoms with E-state index in [0.29, 0.717) is 23.3 Å². The van der Waals surface area contributed by atoms with E-state index in [4.69, 9.17) is 16.2 Å². The zero-order chi connectivity index (χ0) is 18.2. The van der Waals surface area contributed by atoms with Crippen LogP contribution < -0.4 is 16.2 Å². The molecule has 1 heterocycles. The fraction of sp³-hybridized carbons (Fsp3) is 0.222. The molecule has 1 atom stereocenters. The number of aliphatic hydroxyl groups excluding tert-OH is 1. The van der Waals surface area contributed by atoms with Crippen LogP contribution in [0.4, 0.5) is 0 Å². The van der Waals surface area contributed by atoms with E-state index in [9.17, 15) is 15.0 Å². The number of aliphatic carboxylic acids is 1. The van der Waals surface area contributed by atoms with Crippen LogP contribution in [-0.4, -0.2) is 33.9 Å². The molecule has 2 aromatic carbocycles. The van der Waals surface area contributed by atoms with E-state index in [1.54, 1.807) is 19.1 Å². The SMILES string of the molecule is CCOc1ccc2nc3ccccc3cc2c1C(N)(N)C(O)C(=O)O. The van der Waals surface area contributed by atoms with Gasteiger partial charge in [0.25, 0.3) is 0 Å². The Bertz CT molecular complexity index is 956. The summed E-state index contributed by atoms with van der Waals surface area (Å²) in [5, 5.41) is 20.6. The van der Waals surface area contributed by atoms with Crippen molar-refractivity contribution in [2.45, 2.75) is 18.7 Å². The van der Waals surface area contributed by atoms with Gasteiger partial charge in [0.15, 0.2) is 6.10 Å². The van der Waals surface area contributed by atoms with Gasteiger partial charge in [-0.05, 0) is 31.2 Å². The number of nitrogens with two attached hydrogens (primary N) is 2. The first-order valence-corrected chi connectivity index (χ1v) is 7.80. The quantitative estimate of drug-likeness (QED) is 0.406. The van der Waals surface area contributed by atoms with Gasteiger partial charge in [-0.25, -0.2) is 9.78 Å². The van der Waals surface area contributed by atoms with Gasteiger partial charge in [0.05, 0.1) is 17.6 Å². The average Bonchev–Trinajstić information content (AvgIpc) is 2.59. The van der Waals surface area contributed by atoms with Gasteiger partial charge in [0, 0.05) is 16.3 Å². The molecule has 0 radical (unpaired) electrons. The highest BCUT2D eigenvalue weighted by Crippen LogP contribution is 2.35. The van der Waals surface area contributed by atoms with Crippen LogP contribution in [0.25, 0.3) is 21.8 Å². The number of aliphatic hydroxyl groups is 1. The molecule has 25 heavy (non-hydrogen) atoms. The standard InChI is InChI=1S/C18H19N3O4/c1-2-25-14-8-7-13-11(9-10-5-3-4-6-12(10)21-13)15(14)18(19,20)16(22)17(23)24/h3-9,16,22H,2,19-20H2,1H3,(H,23,24). The van der Waals surface area contributed by atoms with Gasteiger partial charge >= 0.3 is 5.97 Å². The summed E-state index contributed by atoms with van der Waals surface area (Å²) in [7, 11) is 0. The van der Waals surface area contributed by atoms with Crippen LogP contribution in [0.5, 0.6) is 5.75 Å². The van der Waals surface area contributed by atoms with E-state index in [1.165, 1.54) is 0 Å². The van der Waals surface area contributed by atoms with Crippen molar-refractivity contribution in [3.63, 3.8) is 0 Å². The number of fused-ring (bicyclic) bond motifs is 2. The summed E-state index contributed by atoms with van der Waals surface area (Å²) in [6.45, 7) is 2.12. The maximum Gasteiger partial charge on any atom is 0.336 e. The van der Waals surface area contributed by atoms with Crippen molar-refractivity contribution in [1.82, 2.24) is 4.98 Å². The van der Waals surface area contributed by atoms with Crippen LogP contribution in [-0.2, 0) is 10.5 Å². The number of hydrogen-bond acceptors (Lipinski definition) is 6. The average molecular weight is 341 g/mol. The van der Waals surface area contributed by atoms with E-state index < -0.39 is 17.7 Å². The Hall–Kier alpha value is -2.74. The topological polar surface area (TPSA) is 132 Å². The Kier molecular flexibility index (Phi) is 4.30. The summed E-state index contributed by atoms with van der Waals surface area (Å²) in [5.41, 5.74) is 11.6. The minimum absolute atomic E-state index is 0.208. The van der Waals surface area contributed by atoms with Crippen LogP contribution in [0.2, 0.25) is 0 Å². The van der Waals surface area contributed by atoms with Crippen LogP contribution in [0.3, 0.4) is 0 Å². The largest absolute Gasteiger partial charge is 0.493 e. The molecule has 0 saturated heterocycles. The molecule has 0 bridgehead atoms. The third kappa shape index (κ3) is 2.89. The minimum Gasteiger partial charge on any atom is -0.493 e. The Balaban J connectivity index is 2.37. The zero-order valence-corrected chi connectivity index (χ0v) is 13.6. The van der Waals surface area contributed by atoms with E-state index in [0.717, 1.165) is 10.9 Å². The molecule has 0 saturated carbocycles. The monoisotopic (exact) mass is 341 g/mol. The number of carbonyl (C=O) groups is 1. The third-order valence-electron chi connectivity index (χ3n) is 4.08. The van der Waals surface area contributed by atoms with Crippen molar-refractivity contribution in [2.24, 2.45) is 11.5 Å². The fourth-order valence-electron chi connectivity index (χ4n) is 2.89. The molecular formula is C18H19N3O4. The molecule has 7 heteroatoms. The number of pyridine rings is 1. The first-order chi connectivity index (χ1) is 11.9. The summed E-state index contributed by atoms with van der Waals surface area (Å²) < 4.78 is 5.58. The number of carboxylic acids is 1. The number of para-hydroxylation sites is 1. The van der Waals surface area contributed by atoms with Crippen molar-refractivity contribution >= 4 is 27.8 Å². The summed E-state index contributed by atoms with van der Waals surface area (Å²) in [6, 6.07) is 12.7. The molecule has 0 fully saturated rings. The Morgan fingerprint density at radius 2 is 1.96 bits per heavy atom. The Morgan fingerprint density at radius 3 is 2.64 bits per heavy atom. The smallest absolute Gasteiger partial charge is 0.336 e. The number of rotatable bonds is 5. The second kappa shape index (κ2) is 6.29. The maximum absolute atomic E-state index is 11.3. The highest BCUT2D eigenvalue weighted by Gasteiger charge is 2.40. The lowest BCUT2D eigenvalue weighted by atomic mass is 9.90. The maximum atomic E-state index is 11.3. The lowest BCUT2D eigenvalue weighted by Gasteiger charge is -2.30. The lowest BCUT2D eigenvalue weighted by molar-refractivity contribution is -0.150. The molecule has 1 aromatic heterocycles. The van der Waals surface area contributed by atoms with Gasteiger partial charge in [-0.3, -0.25) is 0 Å². The Labute approximate surface area is 143 Å². The second-order valence-electron chi connectivity index (χ2n) is 5.79. The van der Waals surface area contributed by atoms with Crippen molar-refractivity contribution < 1.29 is 19.7 Å². The molecule has 0 amide bonds. The normalized spacial score (nSPS) is 13.1. The molecule has 0 spiro atoms. The van der Waals surface area contributed by atoms with Crippen molar-refractivity contribution in [3.05, 3.63) is 48.0 Å². The summed E-state index contributed by atoms with van der Waals surface area (Å²) >= 11 is 0. The molecule has 1 unspecified atom stereocenters. The van der Waals surface area contributed by atoms with Gasteiger partial charge in [-0.15, -0.1) is 0 Å². The first kappa shape index (κ1) is 17.1. The molecule has 0 aliphatic carbocycles. The molecule has 7 nitrogen and oxygen atoms in total. The third-order valence-corrected chi connectivity index (χ3v) is 4.08. The van der Waals surface area contributed by atoms with Crippen molar-refractivity contribution in [1.29, 1.82) is 0 Å². The lowest BCUT2D eigenvalue weighted by Crippen LogP contribution is -2.58. The number of benzene rings is 2. The minimum atomic E-state index is -2.06. The highest BCUT2D eigenvalue weighted by atomic mass is 16.5. The number of aromatic nitrogens is 1. The van der Waals surface area contributed by atoms with Crippen LogP contribution in [0.1, 0.15) is 12.5 Å². The summed E-state index contributed by atoms with van der Waals surface area (Å²) in [6.07, 6.45) is -2.01. The molecule has 0 aliphatic rings. The molecule has 3 aromatic rings. The number of nitrogens with zero attached hydrogens (tertiary/aromatic N) is 1. The number of ether oxygens (including phenoxy) is 1. The summed E-state index contributed by atoms with van der Waals surface area (Å²) in [4.78, 5) is 15.8. The summed E-state index contributed by atoms with van der Waals surface area (Å²) in [5.74, 6) is -1.20. The fourth-order valence-corrected chi connectivity index (χ4v) is 2.89. The Morgan fingerprint density at radius 1 is 1.24 bits per heavy atom. The molecule has 0 aliphatic heterocycles. The zero-order valence-electron chi connectivity index (χ0n) is 13.6. The number of hydrogen-bond donors (Lipinski definition) is 4. The van der Waals surface area contributed by atoms with Gasteiger partial charge in [-0.2, -0.15) is 0 Å². The van der Waals surface area contributed by atoms with Gasteiger partial charge in [0.2, 0.25) is 0 Å².